The highest BCUT2D eigenvalue weighted by molar-refractivity contribution is 5.92. The fraction of sp³-hybridized carbons (Fsp3) is 0.125. The lowest BCUT2D eigenvalue weighted by Crippen LogP contribution is -2.08. The third-order valence-electron chi connectivity index (χ3n) is 3.59. The van der Waals surface area contributed by atoms with E-state index in [9.17, 15) is 9.18 Å². The normalized spacial score (nSPS) is 12.5. The van der Waals surface area contributed by atoms with Gasteiger partial charge in [-0.15, -0.1) is 0 Å². The molecule has 1 N–H and O–H groups in total. The van der Waals surface area contributed by atoms with E-state index in [-0.39, 0.29) is 17.4 Å². The second kappa shape index (κ2) is 5.01. The van der Waals surface area contributed by atoms with Crippen molar-refractivity contribution >= 4 is 17.0 Å². The minimum absolute atomic E-state index is 0.185. The molecule has 0 bridgehead atoms. The SMILES string of the molecule is CC(c1ccccc1F)n1cnc2ccc(C(=O)O)cc21. The lowest BCUT2D eigenvalue weighted by Gasteiger charge is -2.15. The molecule has 106 valence electrons. The highest BCUT2D eigenvalue weighted by Crippen LogP contribution is 2.25. The maximum atomic E-state index is 13.9. The Bertz CT molecular complexity index is 826. The Morgan fingerprint density at radius 2 is 2.05 bits per heavy atom. The van der Waals surface area contributed by atoms with Gasteiger partial charge in [0.05, 0.1) is 29.0 Å². The van der Waals surface area contributed by atoms with Gasteiger partial charge in [-0.1, -0.05) is 18.2 Å². The van der Waals surface area contributed by atoms with E-state index in [1.54, 1.807) is 41.2 Å². The van der Waals surface area contributed by atoms with Gasteiger partial charge in [-0.05, 0) is 31.2 Å². The second-order valence-corrected chi connectivity index (χ2v) is 4.86. The summed E-state index contributed by atoms with van der Waals surface area (Å²) >= 11 is 0. The molecule has 1 atom stereocenters. The van der Waals surface area contributed by atoms with Gasteiger partial charge in [0.2, 0.25) is 0 Å². The number of carboxylic acids is 1. The first kappa shape index (κ1) is 13.3. The molecular formula is C16H13FN2O2. The number of imidazole rings is 1. The van der Waals surface area contributed by atoms with Crippen molar-refractivity contribution in [2.24, 2.45) is 0 Å². The number of hydrogen-bond donors (Lipinski definition) is 1. The van der Waals surface area contributed by atoms with Gasteiger partial charge in [0, 0.05) is 5.56 Å². The first-order valence-corrected chi connectivity index (χ1v) is 6.52. The fourth-order valence-electron chi connectivity index (χ4n) is 2.43. The van der Waals surface area contributed by atoms with Crippen molar-refractivity contribution < 1.29 is 14.3 Å². The van der Waals surface area contributed by atoms with Gasteiger partial charge >= 0.3 is 5.97 Å². The lowest BCUT2D eigenvalue weighted by molar-refractivity contribution is 0.0697. The van der Waals surface area contributed by atoms with Crippen molar-refractivity contribution in [2.75, 3.05) is 0 Å². The van der Waals surface area contributed by atoms with Crippen LogP contribution in [0, 0.1) is 5.82 Å². The van der Waals surface area contributed by atoms with Crippen LogP contribution < -0.4 is 0 Å². The quantitative estimate of drug-likeness (QED) is 0.801. The molecule has 0 aliphatic heterocycles. The third-order valence-corrected chi connectivity index (χ3v) is 3.59. The largest absolute Gasteiger partial charge is 0.478 e. The molecule has 0 saturated carbocycles. The summed E-state index contributed by atoms with van der Waals surface area (Å²) < 4.78 is 15.7. The molecule has 3 aromatic rings. The maximum absolute atomic E-state index is 13.9. The third kappa shape index (κ3) is 2.27. The molecule has 0 aliphatic carbocycles. The molecule has 1 unspecified atom stereocenters. The monoisotopic (exact) mass is 284 g/mol. The summed E-state index contributed by atoms with van der Waals surface area (Å²) in [5.74, 6) is -1.29. The van der Waals surface area contributed by atoms with Crippen molar-refractivity contribution in [3.05, 3.63) is 65.7 Å². The number of hydrogen-bond acceptors (Lipinski definition) is 2. The summed E-state index contributed by atoms with van der Waals surface area (Å²) in [7, 11) is 0. The average molecular weight is 284 g/mol. The average Bonchev–Trinajstić information content (AvgIpc) is 2.90. The molecule has 4 nitrogen and oxygen atoms in total. The Morgan fingerprint density at radius 1 is 1.29 bits per heavy atom. The van der Waals surface area contributed by atoms with Crippen LogP contribution in [0.4, 0.5) is 4.39 Å². The molecule has 3 rings (SSSR count). The minimum atomic E-state index is -0.997. The van der Waals surface area contributed by atoms with Gasteiger partial charge in [-0.2, -0.15) is 0 Å². The molecule has 1 aromatic heterocycles. The molecule has 2 aromatic carbocycles. The number of rotatable bonds is 3. The fourth-order valence-corrected chi connectivity index (χ4v) is 2.43. The Hall–Kier alpha value is -2.69. The van der Waals surface area contributed by atoms with E-state index < -0.39 is 5.97 Å². The van der Waals surface area contributed by atoms with Crippen molar-refractivity contribution in [3.63, 3.8) is 0 Å². The molecule has 1 heterocycles. The van der Waals surface area contributed by atoms with Crippen LogP contribution in [0.3, 0.4) is 0 Å². The molecule has 0 saturated heterocycles. The van der Waals surface area contributed by atoms with Crippen LogP contribution in [0.2, 0.25) is 0 Å². The molecule has 5 heteroatoms. The predicted molar refractivity (Wildman–Crippen MR) is 76.9 cm³/mol. The van der Waals surface area contributed by atoms with E-state index in [2.05, 4.69) is 4.98 Å². The van der Waals surface area contributed by atoms with Crippen molar-refractivity contribution in [1.82, 2.24) is 9.55 Å². The molecule has 21 heavy (non-hydrogen) atoms. The summed E-state index contributed by atoms with van der Waals surface area (Å²) in [6.07, 6.45) is 1.60. The number of aromatic nitrogens is 2. The molecule has 0 radical (unpaired) electrons. The second-order valence-electron chi connectivity index (χ2n) is 4.86. The van der Waals surface area contributed by atoms with Crippen LogP contribution >= 0.6 is 0 Å². The number of carboxylic acid groups (broad SMARTS) is 1. The first-order chi connectivity index (χ1) is 10.1. The number of benzene rings is 2. The first-order valence-electron chi connectivity index (χ1n) is 6.52. The minimum Gasteiger partial charge on any atom is -0.478 e. The summed E-state index contributed by atoms with van der Waals surface area (Å²) in [6.45, 7) is 1.85. The van der Waals surface area contributed by atoms with Crippen LogP contribution in [-0.4, -0.2) is 20.6 Å². The number of fused-ring (bicyclic) bond motifs is 1. The highest BCUT2D eigenvalue weighted by atomic mass is 19.1. The van der Waals surface area contributed by atoms with Gasteiger partial charge in [0.1, 0.15) is 5.82 Å². The Morgan fingerprint density at radius 3 is 2.76 bits per heavy atom. The number of aromatic carboxylic acids is 1. The van der Waals surface area contributed by atoms with Crippen LogP contribution in [0.1, 0.15) is 28.9 Å². The van der Waals surface area contributed by atoms with Crippen LogP contribution in [0.25, 0.3) is 11.0 Å². The van der Waals surface area contributed by atoms with Crippen molar-refractivity contribution in [2.45, 2.75) is 13.0 Å². The van der Waals surface area contributed by atoms with E-state index in [1.165, 1.54) is 12.1 Å². The Kier molecular flexibility index (Phi) is 3.17. The molecule has 0 amide bonds. The molecule has 0 fully saturated rings. The zero-order valence-corrected chi connectivity index (χ0v) is 11.3. The lowest BCUT2D eigenvalue weighted by atomic mass is 10.1. The van der Waals surface area contributed by atoms with E-state index in [0.717, 1.165) is 0 Å². The molecule has 0 spiro atoms. The molecular weight excluding hydrogens is 271 g/mol. The van der Waals surface area contributed by atoms with E-state index in [4.69, 9.17) is 5.11 Å². The standard InChI is InChI=1S/C16H13FN2O2/c1-10(12-4-2-3-5-13(12)17)19-9-18-14-7-6-11(16(20)21)8-15(14)19/h2-10H,1H3,(H,20,21). The van der Waals surface area contributed by atoms with Crippen LogP contribution in [-0.2, 0) is 0 Å². The summed E-state index contributed by atoms with van der Waals surface area (Å²) in [5, 5.41) is 9.08. The number of halogens is 1. The van der Waals surface area contributed by atoms with Gasteiger partial charge in [0.15, 0.2) is 0 Å². The van der Waals surface area contributed by atoms with Gasteiger partial charge in [-0.25, -0.2) is 14.2 Å². The highest BCUT2D eigenvalue weighted by Gasteiger charge is 2.16. The van der Waals surface area contributed by atoms with Crippen molar-refractivity contribution in [3.8, 4) is 0 Å². The van der Waals surface area contributed by atoms with Gasteiger partial charge in [0.25, 0.3) is 0 Å². The van der Waals surface area contributed by atoms with E-state index in [0.29, 0.717) is 16.6 Å². The van der Waals surface area contributed by atoms with Gasteiger partial charge in [-0.3, -0.25) is 0 Å². The summed E-state index contributed by atoms with van der Waals surface area (Å²) in [5.41, 5.74) is 2.08. The number of nitrogens with zero attached hydrogens (tertiary/aromatic N) is 2. The topological polar surface area (TPSA) is 55.1 Å². The van der Waals surface area contributed by atoms with Crippen LogP contribution in [0.15, 0.2) is 48.8 Å². The Labute approximate surface area is 120 Å². The van der Waals surface area contributed by atoms with Gasteiger partial charge < -0.3 is 9.67 Å². The van der Waals surface area contributed by atoms with E-state index in [1.807, 2.05) is 6.92 Å². The zero-order valence-electron chi connectivity index (χ0n) is 11.3. The van der Waals surface area contributed by atoms with Crippen molar-refractivity contribution in [1.29, 1.82) is 0 Å². The summed E-state index contributed by atoms with van der Waals surface area (Å²) in [6, 6.07) is 11.0. The predicted octanol–water partition coefficient (Wildman–Crippen LogP) is 3.48. The zero-order chi connectivity index (χ0) is 15.0. The smallest absolute Gasteiger partial charge is 0.335 e. The van der Waals surface area contributed by atoms with E-state index >= 15 is 0 Å². The van der Waals surface area contributed by atoms with Crippen LogP contribution in [0.5, 0.6) is 0 Å². The Balaban J connectivity index is 2.14. The number of carbonyl (C=O) groups is 1. The summed E-state index contributed by atoms with van der Waals surface area (Å²) in [4.78, 5) is 15.3. The molecule has 0 aliphatic rings. The maximum Gasteiger partial charge on any atom is 0.335 e.